The quantitative estimate of drug-likeness (QED) is 0.641. The van der Waals surface area contributed by atoms with Crippen LogP contribution < -0.4 is 0 Å². The summed E-state index contributed by atoms with van der Waals surface area (Å²) in [5.41, 5.74) is 1.92. The summed E-state index contributed by atoms with van der Waals surface area (Å²) in [6, 6.07) is 7.59. The van der Waals surface area contributed by atoms with E-state index in [2.05, 4.69) is 0 Å². The van der Waals surface area contributed by atoms with Gasteiger partial charge in [-0.1, -0.05) is 23.8 Å². The molecular weight excluding hydrogens is 176 g/mol. The SMILES string of the molecule is CC(=O)c1cccc(C)c1.CC(C)=O. The van der Waals surface area contributed by atoms with Crippen LogP contribution in [-0.4, -0.2) is 11.6 Å². The van der Waals surface area contributed by atoms with Gasteiger partial charge in [0, 0.05) is 5.56 Å². The molecule has 0 fully saturated rings. The summed E-state index contributed by atoms with van der Waals surface area (Å²) in [6.45, 7) is 6.61. The number of hydrogen-bond acceptors (Lipinski definition) is 2. The third kappa shape index (κ3) is 6.12. The molecule has 0 radical (unpaired) electrons. The summed E-state index contributed by atoms with van der Waals surface area (Å²) in [5.74, 6) is 0.295. The maximum absolute atomic E-state index is 10.8. The monoisotopic (exact) mass is 192 g/mol. The third-order valence-corrected chi connectivity index (χ3v) is 1.42. The summed E-state index contributed by atoms with van der Waals surface area (Å²) in [5, 5.41) is 0. The summed E-state index contributed by atoms with van der Waals surface area (Å²) in [4.78, 5) is 20.2. The predicted octanol–water partition coefficient (Wildman–Crippen LogP) is 2.79. The highest BCUT2D eigenvalue weighted by molar-refractivity contribution is 5.94. The normalized spacial score (nSPS) is 8.57. The lowest BCUT2D eigenvalue weighted by Gasteiger charge is -1.94. The first-order chi connectivity index (χ1) is 6.43. The number of ketones is 2. The van der Waals surface area contributed by atoms with Crippen molar-refractivity contribution in [2.24, 2.45) is 0 Å². The number of hydrogen-bond donors (Lipinski definition) is 0. The maximum atomic E-state index is 10.8. The van der Waals surface area contributed by atoms with Crippen molar-refractivity contribution in [3.05, 3.63) is 35.4 Å². The van der Waals surface area contributed by atoms with E-state index in [4.69, 9.17) is 0 Å². The molecule has 0 aliphatic rings. The largest absolute Gasteiger partial charge is 0.300 e. The Hall–Kier alpha value is -1.44. The first-order valence-electron chi connectivity index (χ1n) is 4.48. The molecule has 76 valence electrons. The van der Waals surface area contributed by atoms with Crippen LogP contribution in [0.5, 0.6) is 0 Å². The van der Waals surface area contributed by atoms with E-state index >= 15 is 0 Å². The minimum atomic E-state index is 0.128. The van der Waals surface area contributed by atoms with Gasteiger partial charge in [0.15, 0.2) is 5.78 Å². The molecule has 1 aromatic rings. The van der Waals surface area contributed by atoms with Crippen molar-refractivity contribution in [2.45, 2.75) is 27.7 Å². The lowest BCUT2D eigenvalue weighted by atomic mass is 10.1. The molecule has 0 bridgehead atoms. The predicted molar refractivity (Wildman–Crippen MR) is 57.5 cm³/mol. The number of benzene rings is 1. The molecular formula is C12H16O2. The van der Waals surface area contributed by atoms with E-state index in [1.54, 1.807) is 6.92 Å². The van der Waals surface area contributed by atoms with Crippen LogP contribution in [0.15, 0.2) is 24.3 Å². The number of rotatable bonds is 1. The van der Waals surface area contributed by atoms with Crippen molar-refractivity contribution in [1.82, 2.24) is 0 Å². The molecule has 0 unspecified atom stereocenters. The van der Waals surface area contributed by atoms with Gasteiger partial charge in [0.1, 0.15) is 5.78 Å². The van der Waals surface area contributed by atoms with Crippen molar-refractivity contribution in [3.8, 4) is 0 Å². The van der Waals surface area contributed by atoms with Gasteiger partial charge in [-0.25, -0.2) is 0 Å². The van der Waals surface area contributed by atoms with Gasteiger partial charge in [0.2, 0.25) is 0 Å². The van der Waals surface area contributed by atoms with Gasteiger partial charge < -0.3 is 4.79 Å². The maximum Gasteiger partial charge on any atom is 0.159 e. The van der Waals surface area contributed by atoms with Crippen LogP contribution in [0.4, 0.5) is 0 Å². The first-order valence-corrected chi connectivity index (χ1v) is 4.48. The summed E-state index contributed by atoms with van der Waals surface area (Å²) in [7, 11) is 0. The van der Waals surface area contributed by atoms with Crippen LogP contribution in [0.1, 0.15) is 36.7 Å². The Kier molecular flexibility index (Phi) is 5.46. The molecule has 0 saturated carbocycles. The summed E-state index contributed by atoms with van der Waals surface area (Å²) >= 11 is 0. The van der Waals surface area contributed by atoms with Gasteiger partial charge in [-0.3, -0.25) is 4.79 Å². The zero-order valence-electron chi connectivity index (χ0n) is 9.13. The molecule has 2 nitrogen and oxygen atoms in total. The van der Waals surface area contributed by atoms with Crippen LogP contribution in [0, 0.1) is 6.92 Å². The Morgan fingerprint density at radius 3 is 1.86 bits per heavy atom. The fraction of sp³-hybridized carbons (Fsp3) is 0.333. The Bertz CT molecular complexity index is 323. The zero-order chi connectivity index (χ0) is 11.1. The van der Waals surface area contributed by atoms with E-state index in [1.807, 2.05) is 31.2 Å². The molecule has 1 rings (SSSR count). The molecule has 2 heteroatoms. The van der Waals surface area contributed by atoms with E-state index in [9.17, 15) is 9.59 Å². The average molecular weight is 192 g/mol. The van der Waals surface area contributed by atoms with Gasteiger partial charge in [-0.05, 0) is 33.8 Å². The van der Waals surface area contributed by atoms with E-state index in [1.165, 1.54) is 13.8 Å². The van der Waals surface area contributed by atoms with Gasteiger partial charge in [0.25, 0.3) is 0 Å². The number of Topliss-reactive ketones (excluding diaryl/α,β-unsaturated/α-hetero) is 2. The fourth-order valence-electron chi connectivity index (χ4n) is 0.864. The van der Waals surface area contributed by atoms with Crippen molar-refractivity contribution in [3.63, 3.8) is 0 Å². The van der Waals surface area contributed by atoms with E-state index in [-0.39, 0.29) is 11.6 Å². The topological polar surface area (TPSA) is 34.1 Å². The van der Waals surface area contributed by atoms with Gasteiger partial charge in [0.05, 0.1) is 0 Å². The second-order valence-electron chi connectivity index (χ2n) is 3.33. The lowest BCUT2D eigenvalue weighted by Crippen LogP contribution is -1.90. The number of aryl methyl sites for hydroxylation is 1. The van der Waals surface area contributed by atoms with Crippen molar-refractivity contribution >= 4 is 11.6 Å². The van der Waals surface area contributed by atoms with Crippen LogP contribution in [0.3, 0.4) is 0 Å². The molecule has 0 N–H and O–H groups in total. The van der Waals surface area contributed by atoms with Crippen molar-refractivity contribution < 1.29 is 9.59 Å². The second kappa shape index (κ2) is 6.08. The van der Waals surface area contributed by atoms with Gasteiger partial charge >= 0.3 is 0 Å². The second-order valence-corrected chi connectivity index (χ2v) is 3.33. The van der Waals surface area contributed by atoms with Gasteiger partial charge in [-0.15, -0.1) is 0 Å². The Balaban J connectivity index is 0.000000364. The molecule has 0 aromatic heterocycles. The Labute approximate surface area is 84.9 Å². The molecule has 0 heterocycles. The average Bonchev–Trinajstić information content (AvgIpc) is 2.03. The molecule has 0 atom stereocenters. The van der Waals surface area contributed by atoms with E-state index in [0.29, 0.717) is 0 Å². The van der Waals surface area contributed by atoms with Crippen molar-refractivity contribution in [1.29, 1.82) is 0 Å². The van der Waals surface area contributed by atoms with Crippen LogP contribution in [0.25, 0.3) is 0 Å². The molecule has 14 heavy (non-hydrogen) atoms. The number of carbonyl (C=O) groups is 2. The summed E-state index contributed by atoms with van der Waals surface area (Å²) < 4.78 is 0. The van der Waals surface area contributed by atoms with E-state index < -0.39 is 0 Å². The highest BCUT2D eigenvalue weighted by Gasteiger charge is 1.95. The minimum Gasteiger partial charge on any atom is -0.300 e. The highest BCUT2D eigenvalue weighted by Crippen LogP contribution is 2.03. The first kappa shape index (κ1) is 12.6. The molecule has 0 amide bonds. The molecule has 0 aliphatic carbocycles. The standard InChI is InChI=1S/C9H10O.C3H6O/c1-7-4-3-5-9(6-7)8(2)10;1-3(2)4/h3-6H,1-2H3;1-2H3. The van der Waals surface area contributed by atoms with E-state index in [0.717, 1.165) is 11.1 Å². The summed E-state index contributed by atoms with van der Waals surface area (Å²) in [6.07, 6.45) is 0. The van der Waals surface area contributed by atoms with Gasteiger partial charge in [-0.2, -0.15) is 0 Å². The molecule has 0 aliphatic heterocycles. The molecule has 0 spiro atoms. The van der Waals surface area contributed by atoms with Crippen LogP contribution >= 0.6 is 0 Å². The van der Waals surface area contributed by atoms with Crippen LogP contribution in [0.2, 0.25) is 0 Å². The Morgan fingerprint density at radius 1 is 1.07 bits per heavy atom. The fourth-order valence-corrected chi connectivity index (χ4v) is 0.864. The minimum absolute atomic E-state index is 0.128. The molecule has 1 aromatic carbocycles. The molecule has 0 saturated heterocycles. The zero-order valence-corrected chi connectivity index (χ0v) is 9.13. The Morgan fingerprint density at radius 2 is 1.57 bits per heavy atom. The smallest absolute Gasteiger partial charge is 0.159 e. The lowest BCUT2D eigenvalue weighted by molar-refractivity contribution is -0.114. The third-order valence-electron chi connectivity index (χ3n) is 1.42. The number of carbonyl (C=O) groups excluding carboxylic acids is 2. The van der Waals surface area contributed by atoms with Crippen molar-refractivity contribution in [2.75, 3.05) is 0 Å². The highest BCUT2D eigenvalue weighted by atomic mass is 16.1. The van der Waals surface area contributed by atoms with Crippen LogP contribution in [-0.2, 0) is 4.79 Å².